The van der Waals surface area contributed by atoms with Crippen LogP contribution in [0, 0.1) is 13.0 Å². The maximum atomic E-state index is 14.5. The van der Waals surface area contributed by atoms with Crippen molar-refractivity contribution in [3.63, 3.8) is 0 Å². The van der Waals surface area contributed by atoms with Crippen LogP contribution in [0.1, 0.15) is 22.4 Å². The van der Waals surface area contributed by atoms with Crippen molar-refractivity contribution in [3.8, 4) is 0 Å². The van der Waals surface area contributed by atoms with E-state index in [0.717, 1.165) is 6.20 Å². The molecular weight excluding hydrogens is 457 g/mol. The minimum Gasteiger partial charge on any atom is -0.244 e. The topological polar surface area (TPSA) is 25.8 Å². The van der Waals surface area contributed by atoms with Crippen molar-refractivity contribution in [2.24, 2.45) is 0 Å². The Balaban J connectivity index is 2.73. The fourth-order valence-electron chi connectivity index (χ4n) is 2.25. The van der Waals surface area contributed by atoms with E-state index in [-0.39, 0.29) is 16.3 Å². The summed E-state index contributed by atoms with van der Waals surface area (Å²) in [4.78, 5) is 6.85. The summed E-state index contributed by atoms with van der Waals surface area (Å²) in [5.74, 6) is 0. The Kier molecular flexibility index (Phi) is 5.59. The van der Waals surface area contributed by atoms with Crippen molar-refractivity contribution in [1.82, 2.24) is 9.97 Å². The summed E-state index contributed by atoms with van der Waals surface area (Å²) in [5, 5.41) is 0.0802. The molecule has 0 N–H and O–H groups in total. The average Bonchev–Trinajstić information content (AvgIpc) is 2.48. The smallest absolute Gasteiger partial charge is 0.244 e. The van der Waals surface area contributed by atoms with Crippen molar-refractivity contribution in [1.29, 1.82) is 0 Å². The lowest BCUT2D eigenvalue weighted by Crippen LogP contribution is -2.51. The zero-order chi connectivity index (χ0) is 19.9. The van der Waals surface area contributed by atoms with Crippen LogP contribution < -0.4 is 0 Å². The Morgan fingerprint density at radius 3 is 2.12 bits per heavy atom. The van der Waals surface area contributed by atoms with Gasteiger partial charge in [0.2, 0.25) is 0 Å². The third-order valence-electron chi connectivity index (χ3n) is 3.52. The van der Waals surface area contributed by atoms with Crippen LogP contribution in [0.2, 0.25) is 5.15 Å². The molecular formula is C15H8BrClF7N2. The number of nitrogens with zero attached hydrogens (tertiary/aromatic N) is 2. The molecule has 0 aliphatic rings. The quantitative estimate of drug-likeness (QED) is 0.419. The van der Waals surface area contributed by atoms with Gasteiger partial charge in [-0.3, -0.25) is 0 Å². The Bertz CT molecular complexity index is 789. The molecule has 0 saturated carbocycles. The second-order valence-corrected chi connectivity index (χ2v) is 6.44. The van der Waals surface area contributed by atoms with Gasteiger partial charge in [-0.2, -0.15) is 26.3 Å². The molecule has 0 saturated heterocycles. The number of alkyl halides is 7. The number of aryl methyl sites for hydroxylation is 1. The van der Waals surface area contributed by atoms with E-state index >= 15 is 0 Å². The monoisotopic (exact) mass is 463 g/mol. The van der Waals surface area contributed by atoms with Crippen molar-refractivity contribution >= 4 is 27.5 Å². The van der Waals surface area contributed by atoms with E-state index in [1.54, 1.807) is 0 Å². The van der Waals surface area contributed by atoms with Gasteiger partial charge in [-0.15, -0.1) is 0 Å². The maximum absolute atomic E-state index is 14.5. The van der Waals surface area contributed by atoms with Crippen molar-refractivity contribution in [2.45, 2.75) is 31.4 Å². The van der Waals surface area contributed by atoms with E-state index in [1.165, 1.54) is 19.1 Å². The van der Waals surface area contributed by atoms with Crippen LogP contribution in [0.3, 0.4) is 0 Å². The van der Waals surface area contributed by atoms with Gasteiger partial charge >= 0.3 is 18.0 Å². The van der Waals surface area contributed by atoms with Crippen LogP contribution in [0.25, 0.3) is 0 Å². The van der Waals surface area contributed by atoms with Gasteiger partial charge in [0.15, 0.2) is 0 Å². The highest BCUT2D eigenvalue weighted by Crippen LogP contribution is 2.54. The Morgan fingerprint density at radius 1 is 1.08 bits per heavy atom. The highest BCUT2D eigenvalue weighted by Gasteiger charge is 2.75. The van der Waals surface area contributed by atoms with E-state index in [9.17, 15) is 30.7 Å². The lowest BCUT2D eigenvalue weighted by Gasteiger charge is -2.31. The second kappa shape index (κ2) is 6.95. The molecule has 0 aromatic carbocycles. The third kappa shape index (κ3) is 3.80. The largest absolute Gasteiger partial charge is 0.437 e. The number of rotatable bonds is 3. The Hall–Kier alpha value is -1.42. The molecule has 11 heteroatoms. The van der Waals surface area contributed by atoms with Crippen LogP contribution in [0.15, 0.2) is 22.9 Å². The van der Waals surface area contributed by atoms with Gasteiger partial charge in [0.25, 0.3) is 0 Å². The van der Waals surface area contributed by atoms with E-state index in [4.69, 9.17) is 11.6 Å². The lowest BCUT2D eigenvalue weighted by atomic mass is 9.90. The summed E-state index contributed by atoms with van der Waals surface area (Å²) in [6.07, 6.45) is -11.8. The number of pyridine rings is 2. The fourth-order valence-corrected chi connectivity index (χ4v) is 2.83. The van der Waals surface area contributed by atoms with Crippen LogP contribution in [0.5, 0.6) is 0 Å². The summed E-state index contributed by atoms with van der Waals surface area (Å²) in [5.41, 5.74) is -7.90. The predicted molar refractivity (Wildman–Crippen MR) is 82.5 cm³/mol. The molecule has 2 aromatic rings. The highest BCUT2D eigenvalue weighted by molar-refractivity contribution is 9.10. The molecule has 0 amide bonds. The summed E-state index contributed by atoms with van der Waals surface area (Å²) >= 11 is 8.27. The molecule has 2 rings (SSSR count). The Labute approximate surface area is 156 Å². The van der Waals surface area contributed by atoms with E-state index in [0.29, 0.717) is 0 Å². The maximum Gasteiger partial charge on any atom is 0.437 e. The molecule has 0 fully saturated rings. The lowest BCUT2D eigenvalue weighted by molar-refractivity contribution is -0.350. The van der Waals surface area contributed by atoms with Gasteiger partial charge in [0.1, 0.15) is 15.5 Å². The first kappa shape index (κ1) is 20.9. The van der Waals surface area contributed by atoms with Crippen LogP contribution in [0.4, 0.5) is 30.7 Å². The normalized spacial score (nSPS) is 13.2. The average molecular weight is 465 g/mol. The molecule has 1 radical (unpaired) electrons. The predicted octanol–water partition coefficient (Wildman–Crippen LogP) is 5.88. The molecule has 0 unspecified atom stereocenters. The van der Waals surface area contributed by atoms with Crippen LogP contribution in [-0.2, 0) is 12.1 Å². The van der Waals surface area contributed by atoms with Gasteiger partial charge in [-0.05, 0) is 45.6 Å². The fraction of sp³-hybridized carbons (Fsp3) is 0.333. The van der Waals surface area contributed by atoms with Gasteiger partial charge in [0, 0.05) is 18.7 Å². The zero-order valence-electron chi connectivity index (χ0n) is 12.7. The van der Waals surface area contributed by atoms with E-state index < -0.39 is 40.3 Å². The summed E-state index contributed by atoms with van der Waals surface area (Å²) < 4.78 is 92.9. The van der Waals surface area contributed by atoms with Gasteiger partial charge in [-0.1, -0.05) is 17.7 Å². The highest BCUT2D eigenvalue weighted by atomic mass is 79.9. The molecule has 0 aliphatic heterocycles. The first-order valence-corrected chi connectivity index (χ1v) is 7.96. The standard InChI is InChI=1S/C15H8BrClF7N2/c1-7-4-10(16)26-12(13(18,14(19,20)21)15(22,23)24)9(7)5-8-2-3-11(17)25-6-8/h2-3,6H,5H2,1H3. The molecule has 0 bridgehead atoms. The molecule has 26 heavy (non-hydrogen) atoms. The first-order valence-electron chi connectivity index (χ1n) is 6.79. The van der Waals surface area contributed by atoms with Crippen LogP contribution in [-0.4, -0.2) is 22.3 Å². The number of hydrogen-bond acceptors (Lipinski definition) is 2. The molecule has 141 valence electrons. The number of hydrogen-bond donors (Lipinski definition) is 0. The van der Waals surface area contributed by atoms with Crippen molar-refractivity contribution in [3.05, 3.63) is 56.5 Å². The molecule has 2 heterocycles. The molecule has 0 atom stereocenters. The first-order chi connectivity index (χ1) is 11.8. The SMILES string of the molecule is Cc1[c]c(Br)nc(C(F)(C(F)(F)F)C(F)(F)F)c1Cc1ccc(Cl)nc1. The number of halogens is 9. The number of aromatic nitrogens is 2. The summed E-state index contributed by atoms with van der Waals surface area (Å²) in [6, 6.07) is 5.10. The molecule has 2 aromatic heterocycles. The van der Waals surface area contributed by atoms with Gasteiger partial charge in [-0.25, -0.2) is 14.4 Å². The van der Waals surface area contributed by atoms with E-state index in [1.807, 2.05) is 0 Å². The van der Waals surface area contributed by atoms with E-state index in [2.05, 4.69) is 32.0 Å². The summed E-state index contributed by atoms with van der Waals surface area (Å²) in [7, 11) is 0. The summed E-state index contributed by atoms with van der Waals surface area (Å²) in [6.45, 7) is 1.21. The molecule has 0 spiro atoms. The second-order valence-electron chi connectivity index (χ2n) is 5.30. The van der Waals surface area contributed by atoms with Gasteiger partial charge < -0.3 is 0 Å². The zero-order valence-corrected chi connectivity index (χ0v) is 15.1. The minimum absolute atomic E-state index is 0.0802. The van der Waals surface area contributed by atoms with Crippen molar-refractivity contribution in [2.75, 3.05) is 0 Å². The molecule has 0 aliphatic carbocycles. The minimum atomic E-state index is -6.27. The van der Waals surface area contributed by atoms with Crippen LogP contribution >= 0.6 is 27.5 Å². The molecule has 2 nitrogen and oxygen atoms in total. The van der Waals surface area contributed by atoms with Crippen molar-refractivity contribution < 1.29 is 30.7 Å². The third-order valence-corrected chi connectivity index (χ3v) is 4.12. The van der Waals surface area contributed by atoms with Gasteiger partial charge in [0.05, 0.1) is 0 Å². The Morgan fingerprint density at radius 2 is 1.65 bits per heavy atom.